The van der Waals surface area contributed by atoms with Crippen molar-refractivity contribution in [2.75, 3.05) is 47.8 Å². The molecule has 0 bridgehead atoms. The van der Waals surface area contributed by atoms with Crippen LogP contribution in [0.15, 0.2) is 64.2 Å². The Labute approximate surface area is 163 Å². The highest BCUT2D eigenvalue weighted by molar-refractivity contribution is 5.75. The van der Waals surface area contributed by atoms with Crippen LogP contribution in [0.1, 0.15) is 5.56 Å². The van der Waals surface area contributed by atoms with Crippen molar-refractivity contribution in [1.82, 2.24) is 0 Å². The van der Waals surface area contributed by atoms with Crippen LogP contribution in [-0.2, 0) is 6.42 Å². The van der Waals surface area contributed by atoms with Crippen molar-refractivity contribution in [1.29, 1.82) is 0 Å². The summed E-state index contributed by atoms with van der Waals surface area (Å²) in [5.41, 5.74) is 2.40. The van der Waals surface area contributed by atoms with E-state index in [1.54, 1.807) is 12.1 Å². The van der Waals surface area contributed by atoms with Crippen molar-refractivity contribution in [3.8, 4) is 5.75 Å². The van der Waals surface area contributed by atoms with Gasteiger partial charge < -0.3 is 20.2 Å². The minimum atomic E-state index is -0.425. The molecule has 3 aromatic carbocycles. The average molecular weight is 377 g/mol. The SMILES string of the molecule is O=c1c(NCCc2ccc(O)cc2)c(N2CCN(c3ccccc3)CC2)c1=O. The molecule has 1 aliphatic heterocycles. The van der Waals surface area contributed by atoms with Gasteiger partial charge in [0.1, 0.15) is 17.1 Å². The maximum Gasteiger partial charge on any atom is 0.253 e. The summed E-state index contributed by atoms with van der Waals surface area (Å²) in [5.74, 6) is 0.233. The van der Waals surface area contributed by atoms with Crippen LogP contribution in [-0.4, -0.2) is 37.8 Å². The molecule has 0 aliphatic carbocycles. The number of hydrogen-bond donors (Lipinski definition) is 2. The second-order valence-electron chi connectivity index (χ2n) is 7.03. The fourth-order valence-corrected chi connectivity index (χ4v) is 3.67. The Balaban J connectivity index is 1.37. The van der Waals surface area contributed by atoms with Crippen LogP contribution in [0.2, 0.25) is 0 Å². The Hall–Kier alpha value is -3.28. The molecule has 0 amide bonds. The molecule has 0 saturated carbocycles. The zero-order valence-corrected chi connectivity index (χ0v) is 15.6. The lowest BCUT2D eigenvalue weighted by atomic mass is 10.1. The number of phenolic OH excluding ortho intramolecular Hbond substituents is 1. The van der Waals surface area contributed by atoms with Gasteiger partial charge >= 0.3 is 0 Å². The van der Waals surface area contributed by atoms with E-state index in [9.17, 15) is 14.7 Å². The summed E-state index contributed by atoms with van der Waals surface area (Å²) >= 11 is 0. The molecule has 1 heterocycles. The van der Waals surface area contributed by atoms with E-state index in [1.807, 2.05) is 35.2 Å². The number of hydrogen-bond acceptors (Lipinski definition) is 6. The van der Waals surface area contributed by atoms with Crippen molar-refractivity contribution in [3.05, 3.63) is 80.6 Å². The minimum absolute atomic E-state index is 0.233. The van der Waals surface area contributed by atoms with E-state index in [0.29, 0.717) is 37.4 Å². The number of anilines is 3. The normalized spacial score (nSPS) is 14.4. The Morgan fingerprint density at radius 2 is 1.46 bits per heavy atom. The fourth-order valence-electron chi connectivity index (χ4n) is 3.67. The lowest BCUT2D eigenvalue weighted by Gasteiger charge is -2.38. The van der Waals surface area contributed by atoms with Crippen molar-refractivity contribution >= 4 is 17.1 Å². The zero-order valence-electron chi connectivity index (χ0n) is 15.6. The lowest BCUT2D eigenvalue weighted by Crippen LogP contribution is -2.51. The number of benzene rings is 2. The van der Waals surface area contributed by atoms with Crippen molar-refractivity contribution in [2.45, 2.75) is 6.42 Å². The molecule has 3 aromatic rings. The Kier molecular flexibility index (Phi) is 5.02. The van der Waals surface area contributed by atoms with E-state index in [0.717, 1.165) is 18.7 Å². The third-order valence-electron chi connectivity index (χ3n) is 5.25. The molecule has 1 fully saturated rings. The number of para-hydroxylation sites is 1. The highest BCUT2D eigenvalue weighted by atomic mass is 16.3. The van der Waals surface area contributed by atoms with Gasteiger partial charge in [-0.3, -0.25) is 9.59 Å². The Morgan fingerprint density at radius 3 is 2.14 bits per heavy atom. The number of nitrogens with one attached hydrogen (secondary N) is 1. The van der Waals surface area contributed by atoms with E-state index >= 15 is 0 Å². The summed E-state index contributed by atoms with van der Waals surface area (Å²) in [4.78, 5) is 28.5. The van der Waals surface area contributed by atoms with Gasteiger partial charge in [-0.15, -0.1) is 0 Å². The zero-order chi connectivity index (χ0) is 19.5. The topological polar surface area (TPSA) is 72.9 Å². The molecule has 0 atom stereocenters. The lowest BCUT2D eigenvalue weighted by molar-refractivity contribution is 0.475. The summed E-state index contributed by atoms with van der Waals surface area (Å²) in [6, 6.07) is 17.2. The molecule has 4 rings (SSSR count). The molecule has 6 nitrogen and oxygen atoms in total. The number of piperazine rings is 1. The summed E-state index contributed by atoms with van der Waals surface area (Å²) < 4.78 is 0. The molecule has 28 heavy (non-hydrogen) atoms. The van der Waals surface area contributed by atoms with Crippen LogP contribution >= 0.6 is 0 Å². The van der Waals surface area contributed by atoms with E-state index in [1.165, 1.54) is 5.69 Å². The van der Waals surface area contributed by atoms with Gasteiger partial charge in [-0.1, -0.05) is 30.3 Å². The first-order valence-electron chi connectivity index (χ1n) is 9.53. The van der Waals surface area contributed by atoms with E-state index in [2.05, 4.69) is 22.3 Å². The predicted octanol–water partition coefficient (Wildman–Crippen LogP) is 1.97. The van der Waals surface area contributed by atoms with Gasteiger partial charge in [-0.25, -0.2) is 0 Å². The number of phenols is 1. The molecule has 1 saturated heterocycles. The standard InChI is InChI=1S/C22H23N3O3/c26-18-8-6-16(7-9-18)10-11-23-19-20(22(28)21(19)27)25-14-12-24(13-15-25)17-4-2-1-3-5-17/h1-9,23,26H,10-15H2. The summed E-state index contributed by atoms with van der Waals surface area (Å²) in [7, 11) is 0. The third kappa shape index (κ3) is 3.58. The van der Waals surface area contributed by atoms with Gasteiger partial charge in [0.25, 0.3) is 10.9 Å². The average Bonchev–Trinajstić information content (AvgIpc) is 2.75. The first kappa shape index (κ1) is 18.1. The Morgan fingerprint density at radius 1 is 0.821 bits per heavy atom. The molecular weight excluding hydrogens is 354 g/mol. The van der Waals surface area contributed by atoms with Crippen LogP contribution < -0.4 is 26.0 Å². The van der Waals surface area contributed by atoms with Gasteiger partial charge in [-0.2, -0.15) is 0 Å². The molecule has 0 radical (unpaired) electrons. The molecule has 1 aliphatic rings. The molecule has 144 valence electrons. The number of rotatable bonds is 6. The second-order valence-corrected chi connectivity index (χ2v) is 7.03. The molecule has 0 spiro atoms. The van der Waals surface area contributed by atoms with Crippen LogP contribution in [0.5, 0.6) is 5.75 Å². The minimum Gasteiger partial charge on any atom is -0.508 e. The summed E-state index contributed by atoms with van der Waals surface area (Å²) in [6.07, 6.45) is 0.709. The smallest absolute Gasteiger partial charge is 0.253 e. The van der Waals surface area contributed by atoms with E-state index in [4.69, 9.17) is 0 Å². The van der Waals surface area contributed by atoms with Crippen molar-refractivity contribution in [3.63, 3.8) is 0 Å². The first-order valence-corrected chi connectivity index (χ1v) is 9.53. The third-order valence-corrected chi connectivity index (χ3v) is 5.25. The van der Waals surface area contributed by atoms with Gasteiger partial charge in [0.2, 0.25) is 0 Å². The maximum atomic E-state index is 12.2. The maximum absolute atomic E-state index is 12.2. The van der Waals surface area contributed by atoms with Crippen LogP contribution in [0.25, 0.3) is 0 Å². The highest BCUT2D eigenvalue weighted by Crippen LogP contribution is 2.23. The van der Waals surface area contributed by atoms with E-state index < -0.39 is 5.43 Å². The Bertz CT molecular complexity index is 1000. The van der Waals surface area contributed by atoms with Gasteiger partial charge in [0.05, 0.1) is 0 Å². The molecule has 0 aromatic heterocycles. The molecule has 0 unspecified atom stereocenters. The molecular formula is C22H23N3O3. The van der Waals surface area contributed by atoms with Crippen LogP contribution in [0.3, 0.4) is 0 Å². The van der Waals surface area contributed by atoms with Crippen molar-refractivity contribution < 1.29 is 5.11 Å². The van der Waals surface area contributed by atoms with Crippen LogP contribution in [0, 0.1) is 0 Å². The summed E-state index contributed by atoms with van der Waals surface area (Å²) in [6.45, 7) is 3.62. The van der Waals surface area contributed by atoms with Gasteiger partial charge in [-0.05, 0) is 36.2 Å². The number of nitrogens with zero attached hydrogens (tertiary/aromatic N) is 2. The predicted molar refractivity (Wildman–Crippen MR) is 113 cm³/mol. The number of aromatic hydroxyl groups is 1. The molecule has 2 N–H and O–H groups in total. The quantitative estimate of drug-likeness (QED) is 0.640. The monoisotopic (exact) mass is 377 g/mol. The highest BCUT2D eigenvalue weighted by Gasteiger charge is 2.28. The summed E-state index contributed by atoms with van der Waals surface area (Å²) in [5, 5.41) is 12.5. The van der Waals surface area contributed by atoms with Gasteiger partial charge in [0, 0.05) is 38.4 Å². The van der Waals surface area contributed by atoms with Crippen molar-refractivity contribution in [2.24, 2.45) is 0 Å². The van der Waals surface area contributed by atoms with Crippen LogP contribution in [0.4, 0.5) is 17.1 Å². The van der Waals surface area contributed by atoms with Gasteiger partial charge in [0.15, 0.2) is 0 Å². The first-order chi connectivity index (χ1) is 13.6. The second kappa shape index (κ2) is 7.76. The largest absolute Gasteiger partial charge is 0.508 e. The fraction of sp³-hybridized carbons (Fsp3) is 0.273. The molecule has 6 heteroatoms. The van der Waals surface area contributed by atoms with E-state index in [-0.39, 0.29) is 11.2 Å².